The fourth-order valence-electron chi connectivity index (χ4n) is 7.16. The Kier molecular flexibility index (Phi) is 5.67. The number of hydrogen-bond donors (Lipinski definition) is 0. The molecule has 4 heterocycles. The van der Waals surface area contributed by atoms with E-state index in [0.29, 0.717) is 43.0 Å². The van der Waals surface area contributed by atoms with Gasteiger partial charge in [0.25, 0.3) is 0 Å². The number of hydrogen-bond acceptors (Lipinski definition) is 5. The molecule has 0 N–H and O–H groups in total. The Labute approximate surface area is 235 Å². The van der Waals surface area contributed by atoms with Crippen LogP contribution >= 0.6 is 0 Å². The molecule has 8 nitrogen and oxygen atoms in total. The van der Waals surface area contributed by atoms with Gasteiger partial charge in [0.05, 0.1) is 35.4 Å². The summed E-state index contributed by atoms with van der Waals surface area (Å²) >= 11 is 0. The number of halogens is 3. The van der Waals surface area contributed by atoms with Crippen molar-refractivity contribution in [3.05, 3.63) is 82.1 Å². The van der Waals surface area contributed by atoms with E-state index in [-0.39, 0.29) is 10.9 Å². The van der Waals surface area contributed by atoms with Crippen molar-refractivity contribution in [1.82, 2.24) is 28.6 Å². The molecule has 1 saturated heterocycles. The van der Waals surface area contributed by atoms with Crippen molar-refractivity contribution >= 4 is 5.52 Å². The number of imidazole rings is 1. The highest BCUT2D eigenvalue weighted by atomic mass is 19.4. The van der Waals surface area contributed by atoms with Crippen LogP contribution in [0.2, 0.25) is 0 Å². The van der Waals surface area contributed by atoms with Crippen LogP contribution < -0.4 is 5.69 Å². The highest BCUT2D eigenvalue weighted by Crippen LogP contribution is 2.70. The lowest BCUT2D eigenvalue weighted by molar-refractivity contribution is -0.136. The molecule has 1 aromatic carbocycles. The quantitative estimate of drug-likeness (QED) is 0.352. The minimum absolute atomic E-state index is 0.168. The molecular weight excluding hydrogens is 533 g/mol. The molecule has 3 aromatic heterocycles. The first-order valence-corrected chi connectivity index (χ1v) is 14.1. The Hall–Kier alpha value is -3.44. The van der Waals surface area contributed by atoms with E-state index in [1.165, 1.54) is 29.7 Å². The van der Waals surface area contributed by atoms with Crippen LogP contribution in [-0.2, 0) is 28.9 Å². The first-order valence-electron chi connectivity index (χ1n) is 14.1. The fraction of sp³-hybridized carbons (Fsp3) is 0.500. The number of nitrogens with zero attached hydrogens (tertiary/aromatic N) is 6. The van der Waals surface area contributed by atoms with Crippen molar-refractivity contribution in [2.45, 2.75) is 56.7 Å². The van der Waals surface area contributed by atoms with E-state index in [4.69, 9.17) is 4.74 Å². The summed E-state index contributed by atoms with van der Waals surface area (Å²) in [6, 6.07) is 8.78. The van der Waals surface area contributed by atoms with Gasteiger partial charge in [-0.1, -0.05) is 12.1 Å². The first-order chi connectivity index (χ1) is 19.4. The van der Waals surface area contributed by atoms with E-state index >= 15 is 0 Å². The zero-order chi connectivity index (χ0) is 28.8. The van der Waals surface area contributed by atoms with E-state index in [0.717, 1.165) is 28.6 Å². The molecular formula is C30H33F3N6O2. The van der Waals surface area contributed by atoms with Gasteiger partial charge in [-0.05, 0) is 74.3 Å². The van der Waals surface area contributed by atoms with Crippen molar-refractivity contribution in [2.75, 3.05) is 26.3 Å². The molecule has 0 atom stereocenters. The van der Waals surface area contributed by atoms with Crippen molar-refractivity contribution in [3.8, 4) is 5.69 Å². The van der Waals surface area contributed by atoms with Crippen molar-refractivity contribution in [3.63, 3.8) is 0 Å². The number of alkyl halides is 3. The fourth-order valence-corrected chi connectivity index (χ4v) is 7.16. The maximum Gasteiger partial charge on any atom is 0.418 e. The molecule has 216 valence electrons. The minimum atomic E-state index is -4.64. The van der Waals surface area contributed by atoms with Gasteiger partial charge in [0.15, 0.2) is 0 Å². The number of aromatic nitrogens is 5. The maximum atomic E-state index is 14.4. The van der Waals surface area contributed by atoms with Crippen LogP contribution in [-0.4, -0.2) is 54.9 Å². The third-order valence-electron chi connectivity index (χ3n) is 9.71. The minimum Gasteiger partial charge on any atom is -0.379 e. The van der Waals surface area contributed by atoms with Gasteiger partial charge >= 0.3 is 11.9 Å². The molecule has 2 aliphatic carbocycles. The van der Waals surface area contributed by atoms with Gasteiger partial charge in [-0.3, -0.25) is 13.9 Å². The van der Waals surface area contributed by atoms with Crippen LogP contribution in [0.25, 0.3) is 11.2 Å². The lowest BCUT2D eigenvalue weighted by atomic mass is 9.56. The Balaban J connectivity index is 1.36. The van der Waals surface area contributed by atoms with Crippen molar-refractivity contribution < 1.29 is 17.9 Å². The van der Waals surface area contributed by atoms with E-state index in [1.807, 2.05) is 43.7 Å². The molecule has 0 bridgehead atoms. The van der Waals surface area contributed by atoms with Gasteiger partial charge in [0.2, 0.25) is 0 Å². The highest BCUT2D eigenvalue weighted by molar-refractivity contribution is 5.59. The molecule has 4 aromatic rings. The summed E-state index contributed by atoms with van der Waals surface area (Å²) < 4.78 is 53.2. The van der Waals surface area contributed by atoms with E-state index < -0.39 is 23.0 Å². The zero-order valence-corrected chi connectivity index (χ0v) is 23.4. The van der Waals surface area contributed by atoms with Crippen molar-refractivity contribution in [2.24, 2.45) is 12.5 Å². The monoisotopic (exact) mass is 566 g/mol. The van der Waals surface area contributed by atoms with Crippen LogP contribution in [0.4, 0.5) is 13.2 Å². The largest absolute Gasteiger partial charge is 0.418 e. The van der Waals surface area contributed by atoms with Crippen LogP contribution in [0.5, 0.6) is 0 Å². The standard InChI is InChI=1S/C30H33F3N6O2/c1-27(2,37-9-11-41-12-10-37)21-14-23(30(31,32)33)24-16-38(26(40)39(24)15-21)22-6-4-5-20(13-22)29(17-28(18-29)7-8-28)25-35-34-19-36(25)3/h4-6,13-16,19H,7-12,17-18H2,1-3H3. The predicted molar refractivity (Wildman–Crippen MR) is 146 cm³/mol. The molecule has 0 radical (unpaired) electrons. The molecule has 11 heteroatoms. The number of ether oxygens (including phenoxy) is 1. The molecule has 1 aliphatic heterocycles. The van der Waals surface area contributed by atoms with Gasteiger partial charge in [-0.25, -0.2) is 4.79 Å². The van der Waals surface area contributed by atoms with Gasteiger partial charge in [0.1, 0.15) is 12.2 Å². The second kappa shape index (κ2) is 8.78. The summed E-state index contributed by atoms with van der Waals surface area (Å²) in [5.41, 5.74) is -0.313. The lowest BCUT2D eigenvalue weighted by Gasteiger charge is -2.48. The first kappa shape index (κ1) is 26.5. The molecule has 1 spiro atoms. The maximum absolute atomic E-state index is 14.4. The Bertz CT molecular complexity index is 1700. The Morgan fingerprint density at radius 3 is 2.39 bits per heavy atom. The van der Waals surface area contributed by atoms with Crippen LogP contribution in [0.15, 0.2) is 53.8 Å². The average Bonchev–Trinajstić information content (AvgIpc) is 3.49. The number of benzene rings is 1. The van der Waals surface area contributed by atoms with E-state index in [9.17, 15) is 18.0 Å². The second-order valence-electron chi connectivity index (χ2n) is 12.6. The molecule has 3 fully saturated rings. The van der Waals surface area contributed by atoms with Crippen LogP contribution in [0, 0.1) is 5.41 Å². The summed E-state index contributed by atoms with van der Waals surface area (Å²) in [6.45, 7) is 6.01. The predicted octanol–water partition coefficient (Wildman–Crippen LogP) is 4.66. The molecule has 41 heavy (non-hydrogen) atoms. The molecule has 0 amide bonds. The molecule has 3 aliphatic rings. The number of aryl methyl sites for hydroxylation is 1. The lowest BCUT2D eigenvalue weighted by Crippen LogP contribution is -2.48. The topological polar surface area (TPSA) is 69.6 Å². The summed E-state index contributed by atoms with van der Waals surface area (Å²) in [7, 11) is 1.93. The van der Waals surface area contributed by atoms with Gasteiger partial charge in [-0.15, -0.1) is 10.2 Å². The molecule has 0 unspecified atom stereocenters. The third-order valence-corrected chi connectivity index (χ3v) is 9.71. The number of morpholine rings is 1. The summed E-state index contributed by atoms with van der Waals surface area (Å²) in [5.74, 6) is 0.871. The Morgan fingerprint density at radius 1 is 1.02 bits per heavy atom. The summed E-state index contributed by atoms with van der Waals surface area (Å²) in [4.78, 5) is 15.9. The second-order valence-corrected chi connectivity index (χ2v) is 12.6. The molecule has 2 saturated carbocycles. The zero-order valence-electron chi connectivity index (χ0n) is 23.4. The van der Waals surface area contributed by atoms with E-state index in [1.54, 1.807) is 18.6 Å². The number of fused-ring (bicyclic) bond motifs is 1. The van der Waals surface area contributed by atoms with Gasteiger partial charge in [0, 0.05) is 38.1 Å². The average molecular weight is 567 g/mol. The number of rotatable bonds is 5. The SMILES string of the molecule is Cn1cnnc1C1(c2cccc(-n3cc4c(C(F)(F)F)cc(C(C)(C)N5CCOCC5)cn4c3=O)c2)CC2(CC2)C1. The normalized spacial score (nSPS) is 20.4. The molecule has 7 rings (SSSR count). The van der Waals surface area contributed by atoms with Crippen LogP contribution in [0.1, 0.15) is 62.0 Å². The van der Waals surface area contributed by atoms with Gasteiger partial charge < -0.3 is 9.30 Å². The Morgan fingerprint density at radius 2 is 1.76 bits per heavy atom. The summed E-state index contributed by atoms with van der Waals surface area (Å²) in [5, 5.41) is 8.57. The van der Waals surface area contributed by atoms with Crippen molar-refractivity contribution in [1.29, 1.82) is 0 Å². The number of pyridine rings is 1. The third kappa shape index (κ3) is 4.07. The van der Waals surface area contributed by atoms with E-state index in [2.05, 4.69) is 15.1 Å². The van der Waals surface area contributed by atoms with Gasteiger partial charge in [-0.2, -0.15) is 13.2 Å². The summed E-state index contributed by atoms with van der Waals surface area (Å²) in [6.07, 6.45) is 4.21. The van der Waals surface area contributed by atoms with Crippen LogP contribution in [0.3, 0.4) is 0 Å². The highest BCUT2D eigenvalue weighted by Gasteiger charge is 2.63. The smallest absolute Gasteiger partial charge is 0.379 e.